The van der Waals surface area contributed by atoms with E-state index in [9.17, 15) is 28.0 Å². The number of benzene rings is 1. The summed E-state index contributed by atoms with van der Waals surface area (Å²) in [6, 6.07) is 7.07. The second-order valence-electron chi connectivity index (χ2n) is 11.8. The molecule has 228 valence electrons. The van der Waals surface area contributed by atoms with Gasteiger partial charge < -0.3 is 20.1 Å². The quantitative estimate of drug-likeness (QED) is 0.292. The van der Waals surface area contributed by atoms with Gasteiger partial charge in [-0.1, -0.05) is 51.1 Å². The normalized spacial score (nSPS) is 18.9. The predicted molar refractivity (Wildman–Crippen MR) is 148 cm³/mol. The Bertz CT molecular complexity index is 1030. The number of rotatable bonds is 17. The molecule has 1 saturated heterocycles. The van der Waals surface area contributed by atoms with Crippen molar-refractivity contribution in [2.24, 2.45) is 17.3 Å². The van der Waals surface area contributed by atoms with E-state index in [2.05, 4.69) is 15.4 Å². The van der Waals surface area contributed by atoms with Gasteiger partial charge in [-0.3, -0.25) is 24.1 Å². The Balaban J connectivity index is 1.75. The summed E-state index contributed by atoms with van der Waals surface area (Å²) in [4.78, 5) is 54.8. The molecule has 2 N–H and O–H groups in total. The molecule has 2 aliphatic rings. The van der Waals surface area contributed by atoms with Gasteiger partial charge in [0.05, 0.1) is 32.4 Å². The smallest absolute Gasteiger partial charge is 0.345 e. The van der Waals surface area contributed by atoms with E-state index in [0.29, 0.717) is 32.7 Å². The lowest BCUT2D eigenvalue weighted by molar-refractivity contribution is -0.147. The highest BCUT2D eigenvalue weighted by molar-refractivity contribution is 5.97. The third kappa shape index (κ3) is 10.9. The van der Waals surface area contributed by atoms with Gasteiger partial charge in [0.2, 0.25) is 11.8 Å². The minimum atomic E-state index is -3.13. The number of nitrogens with one attached hydrogen (secondary N) is 2. The summed E-state index contributed by atoms with van der Waals surface area (Å²) in [6.07, 6.45) is 1.89. The van der Waals surface area contributed by atoms with Crippen LogP contribution in [-0.4, -0.2) is 86.4 Å². The maximum atomic E-state index is 13.6. The fourth-order valence-corrected chi connectivity index (χ4v) is 4.97. The monoisotopic (exact) mass is 579 g/mol. The van der Waals surface area contributed by atoms with Crippen molar-refractivity contribution in [3.63, 3.8) is 0 Å². The summed E-state index contributed by atoms with van der Waals surface area (Å²) >= 11 is 0. The zero-order chi connectivity index (χ0) is 30.0. The van der Waals surface area contributed by atoms with Gasteiger partial charge in [0, 0.05) is 30.8 Å². The summed E-state index contributed by atoms with van der Waals surface area (Å²) in [5.41, 5.74) is 0.359. The van der Waals surface area contributed by atoms with Crippen LogP contribution in [0.3, 0.4) is 0 Å². The van der Waals surface area contributed by atoms with Gasteiger partial charge in [-0.05, 0) is 37.2 Å². The second kappa shape index (κ2) is 15.5. The molecule has 1 aromatic carbocycles. The van der Waals surface area contributed by atoms with Crippen molar-refractivity contribution < 1.29 is 37.4 Å². The molecule has 3 atom stereocenters. The number of alkyl halides is 2. The third-order valence-corrected chi connectivity index (χ3v) is 7.66. The Morgan fingerprint density at radius 2 is 1.68 bits per heavy atom. The number of hydrogen-bond acceptors (Lipinski definition) is 7. The summed E-state index contributed by atoms with van der Waals surface area (Å²) in [6.45, 7) is 3.98. The van der Waals surface area contributed by atoms with Crippen LogP contribution in [-0.2, 0) is 35.1 Å². The van der Waals surface area contributed by atoms with E-state index in [-0.39, 0.29) is 31.1 Å². The molecule has 0 spiro atoms. The zero-order valence-corrected chi connectivity index (χ0v) is 24.2. The number of carbonyl (C=O) groups excluding carboxylic acids is 4. The minimum absolute atomic E-state index is 0.0112. The van der Waals surface area contributed by atoms with Crippen LogP contribution in [0.5, 0.6) is 0 Å². The Morgan fingerprint density at radius 1 is 1.02 bits per heavy atom. The molecule has 0 aromatic heterocycles. The Morgan fingerprint density at radius 3 is 2.27 bits per heavy atom. The summed E-state index contributed by atoms with van der Waals surface area (Å²) in [5, 5.41) is 5.43. The molecule has 41 heavy (non-hydrogen) atoms. The van der Waals surface area contributed by atoms with Crippen LogP contribution in [0.4, 0.5) is 8.78 Å². The number of halogens is 2. The lowest BCUT2D eigenvalue weighted by atomic mass is 9.88. The molecule has 1 heterocycles. The van der Waals surface area contributed by atoms with E-state index in [1.807, 2.05) is 56.0 Å². The number of carbonyl (C=O) groups is 4. The molecule has 2 fully saturated rings. The van der Waals surface area contributed by atoms with Gasteiger partial charge in [0.1, 0.15) is 6.04 Å². The number of hydrogen-bond donors (Lipinski definition) is 2. The average Bonchev–Trinajstić information content (AvgIpc) is 3.68. The second-order valence-corrected chi connectivity index (χ2v) is 11.8. The van der Waals surface area contributed by atoms with Crippen molar-refractivity contribution in [1.82, 2.24) is 15.5 Å². The molecule has 0 radical (unpaired) electrons. The van der Waals surface area contributed by atoms with Gasteiger partial charge in [-0.25, -0.2) is 0 Å². The Labute approximate surface area is 240 Å². The van der Waals surface area contributed by atoms with Crippen LogP contribution in [0.2, 0.25) is 0 Å². The van der Waals surface area contributed by atoms with Crippen LogP contribution in [0.25, 0.3) is 0 Å². The first kappa shape index (κ1) is 32.8. The van der Waals surface area contributed by atoms with E-state index < -0.39 is 54.2 Å². The molecule has 9 nitrogen and oxygen atoms in total. The van der Waals surface area contributed by atoms with Crippen molar-refractivity contribution in [2.75, 3.05) is 39.5 Å². The molecule has 0 unspecified atom stereocenters. The highest BCUT2D eigenvalue weighted by atomic mass is 19.3. The van der Waals surface area contributed by atoms with Crippen molar-refractivity contribution >= 4 is 23.4 Å². The highest BCUT2D eigenvalue weighted by Crippen LogP contribution is 2.47. The number of nitrogens with zero attached hydrogens (tertiary/aromatic N) is 1. The van der Waals surface area contributed by atoms with Crippen molar-refractivity contribution in [2.45, 2.75) is 71.6 Å². The van der Waals surface area contributed by atoms with Crippen LogP contribution in [0.1, 0.15) is 52.0 Å². The lowest BCUT2D eigenvalue weighted by Crippen LogP contribution is -2.51. The summed E-state index contributed by atoms with van der Waals surface area (Å²) < 4.78 is 35.5. The van der Waals surface area contributed by atoms with Gasteiger partial charge in [-0.2, -0.15) is 8.78 Å². The van der Waals surface area contributed by atoms with Crippen LogP contribution >= 0.6 is 0 Å². The van der Waals surface area contributed by atoms with E-state index in [0.717, 1.165) is 18.4 Å². The molecule has 1 aliphatic heterocycles. The first-order valence-corrected chi connectivity index (χ1v) is 14.4. The van der Waals surface area contributed by atoms with Crippen molar-refractivity contribution in [3.8, 4) is 0 Å². The fraction of sp³-hybridized carbons (Fsp3) is 0.667. The van der Waals surface area contributed by atoms with Gasteiger partial charge in [-0.15, -0.1) is 0 Å². The fourth-order valence-electron chi connectivity index (χ4n) is 4.97. The Kier molecular flexibility index (Phi) is 12.4. The van der Waals surface area contributed by atoms with Gasteiger partial charge in [0.25, 0.3) is 0 Å². The molecule has 1 aliphatic carbocycles. The third-order valence-electron chi connectivity index (χ3n) is 7.66. The predicted octanol–water partition coefficient (Wildman–Crippen LogP) is 2.76. The molecular formula is C30H43F2N3O6. The largest absolute Gasteiger partial charge is 0.379 e. The SMILES string of the molecule is CC(C)C[C@H](NC(=O)[C@@H](CC(=O)[C@H](COC(F)F)NC(=O)CN1CCOCC1)Cc1ccccc1)C(=O)C1(C)CC1. The van der Waals surface area contributed by atoms with Gasteiger partial charge >= 0.3 is 6.61 Å². The van der Waals surface area contributed by atoms with Crippen LogP contribution in [0, 0.1) is 17.3 Å². The van der Waals surface area contributed by atoms with Gasteiger partial charge in [0.15, 0.2) is 11.6 Å². The number of amides is 2. The van der Waals surface area contributed by atoms with E-state index in [4.69, 9.17) is 4.74 Å². The topological polar surface area (TPSA) is 114 Å². The average molecular weight is 580 g/mol. The maximum Gasteiger partial charge on any atom is 0.345 e. The molecule has 0 bridgehead atoms. The first-order valence-electron chi connectivity index (χ1n) is 14.4. The maximum absolute atomic E-state index is 13.6. The summed E-state index contributed by atoms with van der Waals surface area (Å²) in [5.74, 6) is -2.31. The highest BCUT2D eigenvalue weighted by Gasteiger charge is 2.48. The van der Waals surface area contributed by atoms with E-state index in [1.165, 1.54) is 0 Å². The number of morpholine rings is 1. The van der Waals surface area contributed by atoms with Crippen LogP contribution in [0.15, 0.2) is 30.3 Å². The van der Waals surface area contributed by atoms with Crippen molar-refractivity contribution in [3.05, 3.63) is 35.9 Å². The zero-order valence-electron chi connectivity index (χ0n) is 24.2. The standard InChI is InChI=1S/C30H43F2N3O6/c1-20(2)15-23(27(38)30(3)9-10-30)34-28(39)22(16-21-7-5-4-6-8-21)17-25(36)24(19-41-29(31)32)33-26(37)18-35-11-13-40-14-12-35/h4-8,20,22-24,29H,9-19H2,1-3H3,(H,33,37)(H,34,39)/t22-,23+,24+/m1/s1. The molecule has 11 heteroatoms. The molecule has 3 rings (SSSR count). The Hall–Kier alpha value is -2.76. The molecule has 1 aromatic rings. The number of Topliss-reactive ketones (excluding diaryl/α,β-unsaturated/α-hetero) is 2. The van der Waals surface area contributed by atoms with Crippen molar-refractivity contribution in [1.29, 1.82) is 0 Å². The minimum Gasteiger partial charge on any atom is -0.379 e. The molecule has 2 amide bonds. The summed E-state index contributed by atoms with van der Waals surface area (Å²) in [7, 11) is 0. The molecular weight excluding hydrogens is 536 g/mol. The van der Waals surface area contributed by atoms with Crippen LogP contribution < -0.4 is 10.6 Å². The number of ketones is 2. The lowest BCUT2D eigenvalue weighted by Gasteiger charge is -2.28. The first-order chi connectivity index (χ1) is 19.5. The van der Waals surface area contributed by atoms with E-state index in [1.54, 1.807) is 0 Å². The molecule has 1 saturated carbocycles. The number of ether oxygens (including phenoxy) is 2. The van der Waals surface area contributed by atoms with E-state index >= 15 is 0 Å².